The molecular weight excluding hydrogens is 427 g/mol. The molecular formula is C23H26F3NO5. The number of likely N-dealkylation sites (tertiary alicyclic amines) is 1. The molecule has 9 heteroatoms. The number of hydrogen-bond donors (Lipinski definition) is 1. The van der Waals surface area contributed by atoms with Crippen molar-refractivity contribution in [2.45, 2.75) is 25.1 Å². The Kier molecular flexibility index (Phi) is 7.18. The van der Waals surface area contributed by atoms with Crippen molar-refractivity contribution >= 4 is 5.97 Å². The lowest BCUT2D eigenvalue weighted by molar-refractivity contribution is -0.144. The zero-order chi connectivity index (χ0) is 23.5. The Hall–Kier alpha value is -2.94. The van der Waals surface area contributed by atoms with Gasteiger partial charge < -0.3 is 19.3 Å². The van der Waals surface area contributed by atoms with Gasteiger partial charge in [-0.05, 0) is 54.8 Å². The molecule has 2 aromatic rings. The zero-order valence-electron chi connectivity index (χ0n) is 18.1. The van der Waals surface area contributed by atoms with E-state index < -0.39 is 29.7 Å². The van der Waals surface area contributed by atoms with Gasteiger partial charge in [0.25, 0.3) is 0 Å². The topological polar surface area (TPSA) is 68.2 Å². The first-order valence-electron chi connectivity index (χ1n) is 10.1. The van der Waals surface area contributed by atoms with Gasteiger partial charge in [-0.3, -0.25) is 9.69 Å². The van der Waals surface area contributed by atoms with Gasteiger partial charge in [-0.1, -0.05) is 12.1 Å². The number of hydrogen-bond acceptors (Lipinski definition) is 5. The number of alkyl halides is 3. The summed E-state index contributed by atoms with van der Waals surface area (Å²) in [5, 5.41) is 9.53. The van der Waals surface area contributed by atoms with Gasteiger partial charge in [0, 0.05) is 6.54 Å². The highest BCUT2D eigenvalue weighted by atomic mass is 19.4. The lowest BCUT2D eigenvalue weighted by Gasteiger charge is -2.38. The summed E-state index contributed by atoms with van der Waals surface area (Å²) in [6, 6.07) is 7.94. The van der Waals surface area contributed by atoms with Gasteiger partial charge in [-0.25, -0.2) is 0 Å². The van der Waals surface area contributed by atoms with Crippen molar-refractivity contribution in [3.63, 3.8) is 0 Å². The van der Waals surface area contributed by atoms with Crippen molar-refractivity contribution < 1.29 is 37.3 Å². The third-order valence-electron chi connectivity index (χ3n) is 5.72. The van der Waals surface area contributed by atoms with Crippen LogP contribution in [0, 0.1) is 5.92 Å². The Bertz CT molecular complexity index is 921. The van der Waals surface area contributed by atoms with Crippen LogP contribution in [-0.4, -0.2) is 50.4 Å². The maximum Gasteiger partial charge on any atom is 0.416 e. The van der Waals surface area contributed by atoms with Crippen LogP contribution in [0.15, 0.2) is 36.4 Å². The van der Waals surface area contributed by atoms with Crippen molar-refractivity contribution in [2.75, 3.05) is 34.4 Å². The van der Waals surface area contributed by atoms with Gasteiger partial charge >= 0.3 is 12.1 Å². The number of carbonyl (C=O) groups is 1. The standard InChI is InChI=1S/C23H26F3NO5/c1-30-18-11-16(12-19(31-2)21(18)32-3)20(27-10-4-5-15(13-27)22(28)29)14-6-8-17(9-7-14)23(24,25)26/h6-9,11-12,15,20H,4-5,10,13H2,1-3H3,(H,28,29). The average Bonchev–Trinajstić information content (AvgIpc) is 2.78. The number of ether oxygens (including phenoxy) is 3. The Morgan fingerprint density at radius 1 is 1.03 bits per heavy atom. The molecule has 174 valence electrons. The molecule has 0 amide bonds. The molecule has 1 aliphatic rings. The van der Waals surface area contributed by atoms with Gasteiger partial charge in [0.1, 0.15) is 0 Å². The molecule has 1 aliphatic heterocycles. The number of rotatable bonds is 7. The van der Waals surface area contributed by atoms with Crippen LogP contribution >= 0.6 is 0 Å². The summed E-state index contributed by atoms with van der Waals surface area (Å²) in [5.41, 5.74) is 0.565. The summed E-state index contributed by atoms with van der Waals surface area (Å²) in [4.78, 5) is 13.6. The minimum Gasteiger partial charge on any atom is -0.493 e. The molecule has 2 atom stereocenters. The van der Waals surface area contributed by atoms with Crippen LogP contribution in [0.4, 0.5) is 13.2 Å². The number of halogens is 3. The summed E-state index contributed by atoms with van der Waals surface area (Å²) >= 11 is 0. The first-order chi connectivity index (χ1) is 15.2. The van der Waals surface area contributed by atoms with Crippen LogP contribution in [0.2, 0.25) is 0 Å². The first kappa shape index (κ1) is 23.7. The molecule has 0 aliphatic carbocycles. The lowest BCUT2D eigenvalue weighted by atomic mass is 9.90. The van der Waals surface area contributed by atoms with Crippen LogP contribution in [-0.2, 0) is 11.0 Å². The molecule has 2 unspecified atom stereocenters. The van der Waals surface area contributed by atoms with E-state index in [-0.39, 0.29) is 6.54 Å². The second kappa shape index (κ2) is 9.68. The Labute approximate surface area is 184 Å². The molecule has 1 N–H and O–H groups in total. The van der Waals surface area contributed by atoms with E-state index in [2.05, 4.69) is 0 Å². The monoisotopic (exact) mass is 453 g/mol. The third-order valence-corrected chi connectivity index (χ3v) is 5.72. The molecule has 0 spiro atoms. The van der Waals surface area contributed by atoms with Crippen molar-refractivity contribution in [1.82, 2.24) is 4.90 Å². The zero-order valence-corrected chi connectivity index (χ0v) is 18.1. The molecule has 1 fully saturated rings. The fourth-order valence-corrected chi connectivity index (χ4v) is 4.17. The number of carboxylic acids is 1. The predicted molar refractivity (Wildman–Crippen MR) is 111 cm³/mol. The van der Waals surface area contributed by atoms with Crippen molar-refractivity contribution in [2.24, 2.45) is 5.92 Å². The summed E-state index contributed by atoms with van der Waals surface area (Å²) in [6.07, 6.45) is -3.22. The fourth-order valence-electron chi connectivity index (χ4n) is 4.17. The maximum atomic E-state index is 13.1. The van der Waals surface area contributed by atoms with Crippen LogP contribution < -0.4 is 14.2 Å². The van der Waals surface area contributed by atoms with Crippen LogP contribution in [0.1, 0.15) is 35.6 Å². The van der Waals surface area contributed by atoms with Crippen molar-refractivity contribution in [3.8, 4) is 17.2 Å². The predicted octanol–water partition coefficient (Wildman–Crippen LogP) is 4.62. The molecule has 0 aromatic heterocycles. The molecule has 6 nitrogen and oxygen atoms in total. The number of nitrogens with zero attached hydrogens (tertiary/aromatic N) is 1. The van der Waals surface area contributed by atoms with E-state index in [9.17, 15) is 23.1 Å². The molecule has 0 radical (unpaired) electrons. The second-order valence-electron chi connectivity index (χ2n) is 7.65. The summed E-state index contributed by atoms with van der Waals surface area (Å²) in [6.45, 7) is 0.879. The molecule has 0 saturated carbocycles. The number of piperidine rings is 1. The Morgan fingerprint density at radius 3 is 2.09 bits per heavy atom. The second-order valence-corrected chi connectivity index (χ2v) is 7.65. The number of benzene rings is 2. The van der Waals surface area contributed by atoms with E-state index in [1.807, 2.05) is 4.90 Å². The van der Waals surface area contributed by atoms with Crippen molar-refractivity contribution in [1.29, 1.82) is 0 Å². The molecule has 3 rings (SSSR count). The quantitative estimate of drug-likeness (QED) is 0.660. The Balaban J connectivity index is 2.12. The minimum absolute atomic E-state index is 0.275. The number of aliphatic carboxylic acids is 1. The first-order valence-corrected chi connectivity index (χ1v) is 10.1. The minimum atomic E-state index is -4.44. The SMILES string of the molecule is COc1cc(C(c2ccc(C(F)(F)F)cc2)N2CCCC(C(=O)O)C2)cc(OC)c1OC. The third kappa shape index (κ3) is 4.93. The van der Waals surface area contributed by atoms with Gasteiger partial charge in [0.2, 0.25) is 5.75 Å². The van der Waals surface area contributed by atoms with Crippen molar-refractivity contribution in [3.05, 3.63) is 53.1 Å². The van der Waals surface area contributed by atoms with Gasteiger partial charge in [-0.15, -0.1) is 0 Å². The van der Waals surface area contributed by atoms with E-state index in [1.54, 1.807) is 12.1 Å². The molecule has 0 bridgehead atoms. The van der Waals surface area contributed by atoms with E-state index in [1.165, 1.54) is 33.5 Å². The van der Waals surface area contributed by atoms with Crippen LogP contribution in [0.5, 0.6) is 17.2 Å². The molecule has 1 saturated heterocycles. The smallest absolute Gasteiger partial charge is 0.416 e. The highest BCUT2D eigenvalue weighted by Gasteiger charge is 2.34. The lowest BCUT2D eigenvalue weighted by Crippen LogP contribution is -2.41. The summed E-state index contributed by atoms with van der Waals surface area (Å²) < 4.78 is 55.6. The largest absolute Gasteiger partial charge is 0.493 e. The Morgan fingerprint density at radius 2 is 1.62 bits per heavy atom. The van der Waals surface area contributed by atoms with E-state index in [0.717, 1.165) is 12.1 Å². The number of carboxylic acid groups (broad SMARTS) is 1. The van der Waals surface area contributed by atoms with E-state index in [4.69, 9.17) is 14.2 Å². The highest BCUT2D eigenvalue weighted by molar-refractivity contribution is 5.70. The summed E-state index contributed by atoms with van der Waals surface area (Å²) in [7, 11) is 4.45. The van der Waals surface area contributed by atoms with E-state index >= 15 is 0 Å². The average molecular weight is 453 g/mol. The van der Waals surface area contributed by atoms with Crippen LogP contribution in [0.3, 0.4) is 0 Å². The van der Waals surface area contributed by atoms with Crippen LogP contribution in [0.25, 0.3) is 0 Å². The van der Waals surface area contributed by atoms with Gasteiger partial charge in [-0.2, -0.15) is 13.2 Å². The molecule has 2 aromatic carbocycles. The fraction of sp³-hybridized carbons (Fsp3) is 0.435. The molecule has 32 heavy (non-hydrogen) atoms. The van der Waals surface area contributed by atoms with E-state index in [0.29, 0.717) is 47.8 Å². The van der Waals surface area contributed by atoms with Gasteiger partial charge in [0.05, 0.1) is 38.9 Å². The highest BCUT2D eigenvalue weighted by Crippen LogP contribution is 2.43. The van der Waals surface area contributed by atoms with Gasteiger partial charge in [0.15, 0.2) is 11.5 Å². The molecule has 1 heterocycles. The maximum absolute atomic E-state index is 13.1. The summed E-state index contributed by atoms with van der Waals surface area (Å²) in [5.74, 6) is -0.225. The number of methoxy groups -OCH3 is 3. The normalized spacial score (nSPS) is 18.1.